The van der Waals surface area contributed by atoms with Crippen LogP contribution in [-0.2, 0) is 0 Å². The predicted octanol–water partition coefficient (Wildman–Crippen LogP) is -0.0364. The van der Waals surface area contributed by atoms with Crippen LogP contribution in [0.2, 0.25) is 0 Å². The molecule has 0 fully saturated rings. The van der Waals surface area contributed by atoms with Crippen molar-refractivity contribution in [1.82, 2.24) is 5.32 Å². The van der Waals surface area contributed by atoms with Crippen molar-refractivity contribution < 1.29 is 18.0 Å². The molecule has 1 rings (SSSR count). The molecule has 1 heterocycles. The van der Waals surface area contributed by atoms with Crippen LogP contribution in [0.25, 0.3) is 0 Å². The number of carbonyl (C=O) groups excluding carboxylic acids is 1. The molecule has 0 saturated carbocycles. The zero-order valence-electron chi connectivity index (χ0n) is 8.20. The van der Waals surface area contributed by atoms with Crippen LogP contribution in [0, 0.1) is 0 Å². The Kier molecular flexibility index (Phi) is 3.73. The van der Waals surface area contributed by atoms with E-state index in [-0.39, 0.29) is 5.56 Å². The SMILES string of the molecule is NCC(F)(F)CNC(=O)c1ccc(=O)oc1. The van der Waals surface area contributed by atoms with Gasteiger partial charge in [-0.25, -0.2) is 13.6 Å². The van der Waals surface area contributed by atoms with Gasteiger partial charge in [0.2, 0.25) is 0 Å². The Balaban J connectivity index is 2.60. The van der Waals surface area contributed by atoms with Crippen molar-refractivity contribution in [1.29, 1.82) is 0 Å². The number of hydrogen-bond acceptors (Lipinski definition) is 4. The number of rotatable bonds is 4. The van der Waals surface area contributed by atoms with E-state index in [1.54, 1.807) is 0 Å². The highest BCUT2D eigenvalue weighted by Gasteiger charge is 2.27. The molecule has 0 bridgehead atoms. The lowest BCUT2D eigenvalue weighted by Gasteiger charge is -2.14. The molecule has 0 aromatic carbocycles. The first-order chi connectivity index (χ1) is 7.44. The summed E-state index contributed by atoms with van der Waals surface area (Å²) in [5.41, 5.74) is 4.16. The second-order valence-corrected chi connectivity index (χ2v) is 3.09. The molecule has 0 aliphatic rings. The van der Waals surface area contributed by atoms with E-state index in [1.165, 1.54) is 6.07 Å². The van der Waals surface area contributed by atoms with E-state index >= 15 is 0 Å². The van der Waals surface area contributed by atoms with Gasteiger partial charge < -0.3 is 15.5 Å². The van der Waals surface area contributed by atoms with Crippen molar-refractivity contribution in [3.05, 3.63) is 34.4 Å². The molecule has 88 valence electrons. The zero-order valence-corrected chi connectivity index (χ0v) is 8.20. The van der Waals surface area contributed by atoms with E-state index in [9.17, 15) is 18.4 Å². The molecular formula is C9H10F2N2O3. The summed E-state index contributed by atoms with van der Waals surface area (Å²) in [6, 6.07) is 2.21. The summed E-state index contributed by atoms with van der Waals surface area (Å²) in [5, 5.41) is 1.98. The lowest BCUT2D eigenvalue weighted by molar-refractivity contribution is 0.0118. The normalized spacial score (nSPS) is 11.2. The Morgan fingerprint density at radius 3 is 2.69 bits per heavy atom. The smallest absolute Gasteiger partial charge is 0.335 e. The number of nitrogens with one attached hydrogen (secondary N) is 1. The van der Waals surface area contributed by atoms with Crippen LogP contribution in [0.1, 0.15) is 10.4 Å². The van der Waals surface area contributed by atoms with Crippen molar-refractivity contribution >= 4 is 5.91 Å². The molecule has 0 aliphatic heterocycles. The van der Waals surface area contributed by atoms with Gasteiger partial charge in [-0.05, 0) is 6.07 Å². The fourth-order valence-electron chi connectivity index (χ4n) is 0.871. The Hall–Kier alpha value is -1.76. The molecule has 7 heteroatoms. The maximum atomic E-state index is 12.7. The first kappa shape index (κ1) is 12.3. The van der Waals surface area contributed by atoms with E-state index in [0.29, 0.717) is 0 Å². The summed E-state index contributed by atoms with van der Waals surface area (Å²) in [6.45, 7) is -1.71. The van der Waals surface area contributed by atoms with E-state index in [1.807, 2.05) is 5.32 Å². The number of nitrogens with two attached hydrogens (primary N) is 1. The molecule has 3 N–H and O–H groups in total. The third-order valence-corrected chi connectivity index (χ3v) is 1.77. The van der Waals surface area contributed by atoms with Gasteiger partial charge in [-0.2, -0.15) is 0 Å². The Bertz CT molecular complexity index is 411. The first-order valence-electron chi connectivity index (χ1n) is 4.39. The maximum absolute atomic E-state index is 12.7. The van der Waals surface area contributed by atoms with E-state index in [4.69, 9.17) is 5.73 Å². The third-order valence-electron chi connectivity index (χ3n) is 1.77. The highest BCUT2D eigenvalue weighted by atomic mass is 19.3. The van der Waals surface area contributed by atoms with Gasteiger partial charge in [0.25, 0.3) is 11.8 Å². The molecule has 1 aromatic heterocycles. The fraction of sp³-hybridized carbons (Fsp3) is 0.333. The van der Waals surface area contributed by atoms with E-state index < -0.39 is 30.5 Å². The van der Waals surface area contributed by atoms with Crippen LogP contribution in [-0.4, -0.2) is 24.9 Å². The van der Waals surface area contributed by atoms with E-state index in [2.05, 4.69) is 4.42 Å². The Labute approximate surface area is 89.2 Å². The second-order valence-electron chi connectivity index (χ2n) is 3.09. The van der Waals surface area contributed by atoms with Crippen LogP contribution in [0.4, 0.5) is 8.78 Å². The minimum Gasteiger partial charge on any atom is -0.430 e. The molecule has 0 spiro atoms. The highest BCUT2D eigenvalue weighted by molar-refractivity contribution is 5.93. The van der Waals surface area contributed by atoms with Gasteiger partial charge >= 0.3 is 5.63 Å². The summed E-state index contributed by atoms with van der Waals surface area (Å²) < 4.78 is 29.8. The maximum Gasteiger partial charge on any atom is 0.335 e. The molecule has 0 aliphatic carbocycles. The minimum absolute atomic E-state index is 0.00702. The van der Waals surface area contributed by atoms with Crippen LogP contribution in [0.5, 0.6) is 0 Å². The first-order valence-corrected chi connectivity index (χ1v) is 4.39. The average Bonchev–Trinajstić information content (AvgIpc) is 2.27. The number of halogens is 2. The molecule has 0 atom stereocenters. The summed E-state index contributed by atoms with van der Waals surface area (Å²) in [6.07, 6.45) is 0.901. The molecule has 0 radical (unpaired) electrons. The molecule has 16 heavy (non-hydrogen) atoms. The summed E-state index contributed by atoms with van der Waals surface area (Å²) in [7, 11) is 0. The largest absolute Gasteiger partial charge is 0.430 e. The minimum atomic E-state index is -3.15. The average molecular weight is 232 g/mol. The van der Waals surface area contributed by atoms with Gasteiger partial charge in [-0.15, -0.1) is 0 Å². The summed E-state index contributed by atoms with van der Waals surface area (Å²) in [4.78, 5) is 21.8. The highest BCUT2D eigenvalue weighted by Crippen LogP contribution is 2.09. The zero-order chi connectivity index (χ0) is 12.2. The standard InChI is InChI=1S/C9H10F2N2O3/c10-9(11,4-12)5-13-8(15)6-1-2-7(14)16-3-6/h1-3H,4-5,12H2,(H,13,15). The molecule has 0 unspecified atom stereocenters. The Morgan fingerprint density at radius 1 is 1.50 bits per heavy atom. The van der Waals surface area contributed by atoms with Crippen LogP contribution in [0.3, 0.4) is 0 Å². The quantitative estimate of drug-likeness (QED) is 0.763. The van der Waals surface area contributed by atoms with E-state index in [0.717, 1.165) is 12.3 Å². The van der Waals surface area contributed by atoms with Crippen molar-refractivity contribution in [2.45, 2.75) is 5.92 Å². The van der Waals surface area contributed by atoms with Crippen molar-refractivity contribution in [3.8, 4) is 0 Å². The van der Waals surface area contributed by atoms with Crippen molar-refractivity contribution in [2.24, 2.45) is 5.73 Å². The van der Waals surface area contributed by atoms with Gasteiger partial charge in [0.15, 0.2) is 0 Å². The van der Waals surface area contributed by atoms with Gasteiger partial charge in [0.1, 0.15) is 6.26 Å². The second kappa shape index (κ2) is 4.84. The molecule has 1 aromatic rings. The number of hydrogen-bond donors (Lipinski definition) is 2. The number of carbonyl (C=O) groups is 1. The molecule has 1 amide bonds. The topological polar surface area (TPSA) is 85.3 Å². The fourth-order valence-corrected chi connectivity index (χ4v) is 0.871. The van der Waals surface area contributed by atoms with Crippen molar-refractivity contribution in [3.63, 3.8) is 0 Å². The summed E-state index contributed by atoms with van der Waals surface area (Å²) in [5.74, 6) is -3.90. The van der Waals surface area contributed by atoms with Crippen LogP contribution in [0.15, 0.2) is 27.6 Å². The lowest BCUT2D eigenvalue weighted by atomic mass is 10.2. The summed E-state index contributed by atoms with van der Waals surface area (Å²) >= 11 is 0. The van der Waals surface area contributed by atoms with Crippen molar-refractivity contribution in [2.75, 3.05) is 13.1 Å². The van der Waals surface area contributed by atoms with Gasteiger partial charge in [0, 0.05) is 6.07 Å². The Morgan fingerprint density at radius 2 is 2.19 bits per heavy atom. The lowest BCUT2D eigenvalue weighted by Crippen LogP contribution is -2.41. The molecule has 0 saturated heterocycles. The molecular weight excluding hydrogens is 222 g/mol. The van der Waals surface area contributed by atoms with Gasteiger partial charge in [0.05, 0.1) is 18.7 Å². The number of amides is 1. The van der Waals surface area contributed by atoms with Gasteiger partial charge in [-0.1, -0.05) is 0 Å². The van der Waals surface area contributed by atoms with Gasteiger partial charge in [-0.3, -0.25) is 4.79 Å². The number of alkyl halides is 2. The third kappa shape index (κ3) is 3.43. The monoisotopic (exact) mass is 232 g/mol. The predicted molar refractivity (Wildman–Crippen MR) is 51.3 cm³/mol. The van der Waals surface area contributed by atoms with Crippen LogP contribution >= 0.6 is 0 Å². The molecule has 5 nitrogen and oxygen atoms in total. The van der Waals surface area contributed by atoms with Crippen LogP contribution < -0.4 is 16.7 Å².